The second-order valence-electron chi connectivity index (χ2n) is 30.3. The summed E-state index contributed by atoms with van der Waals surface area (Å²) in [5, 5.41) is 10.1. The third-order valence-electron chi connectivity index (χ3n) is 23.0. The second-order valence-corrected chi connectivity index (χ2v) is 30.3. The minimum atomic E-state index is -0.284. The Morgan fingerprint density at radius 2 is 0.583 bits per heavy atom. The molecule has 2 aliphatic heterocycles. The van der Waals surface area contributed by atoms with Crippen LogP contribution in [0.1, 0.15) is 26.3 Å². The van der Waals surface area contributed by atoms with Crippen molar-refractivity contribution in [3.05, 3.63) is 388 Å². The summed E-state index contributed by atoms with van der Waals surface area (Å²) in [6.45, 7) is 6.67. The molecule has 0 bridgehead atoms. The molecule has 1 aromatic heterocycles. The van der Waals surface area contributed by atoms with Crippen LogP contribution in [-0.2, 0) is 5.41 Å². The van der Waals surface area contributed by atoms with Gasteiger partial charge in [0, 0.05) is 55.8 Å². The molecule has 0 fully saturated rings. The highest BCUT2D eigenvalue weighted by Crippen LogP contribution is 2.56. The largest absolute Gasteiger partial charge is 0.310 e. The number of aromatic nitrogens is 1. The summed E-state index contributed by atoms with van der Waals surface area (Å²) in [5.74, 6) is 0. The molecule has 108 heavy (non-hydrogen) atoms. The van der Waals surface area contributed by atoms with Crippen LogP contribution in [0.2, 0.25) is 0 Å². The van der Waals surface area contributed by atoms with E-state index in [1.165, 1.54) is 65.0 Å². The molecule has 0 spiro atoms. The number of benzene rings is 18. The van der Waals surface area contributed by atoms with Gasteiger partial charge in [0.05, 0.1) is 28.1 Å². The molecule has 0 N–H and O–H groups in total. The highest BCUT2D eigenvalue weighted by atomic mass is 15.2. The Hall–Kier alpha value is -13.5. The molecule has 19 aromatic rings. The van der Waals surface area contributed by atoms with Gasteiger partial charge in [-0.25, -0.2) is 0 Å². The number of para-hydroxylation sites is 2. The number of fused-ring (bicyclic) bond motifs is 7. The zero-order chi connectivity index (χ0) is 71.7. The highest BCUT2D eigenvalue weighted by Gasteiger charge is 2.46. The summed E-state index contributed by atoms with van der Waals surface area (Å²) in [6, 6.07) is 144. The predicted octanol–water partition coefficient (Wildman–Crippen LogP) is 26.4. The first-order valence-corrected chi connectivity index (χ1v) is 37.7. The van der Waals surface area contributed by atoms with Crippen LogP contribution in [0.5, 0.6) is 0 Å². The van der Waals surface area contributed by atoms with E-state index >= 15 is 0 Å². The van der Waals surface area contributed by atoms with Crippen LogP contribution in [-0.4, -0.2) is 11.3 Å². The number of nitrogens with zero attached hydrogens (tertiary/aromatic N) is 3. The smallest absolute Gasteiger partial charge is 0.252 e. The zero-order valence-corrected chi connectivity index (χ0v) is 60.3. The normalized spacial score (nSPS) is 12.5. The summed E-state index contributed by atoms with van der Waals surface area (Å²) < 4.78 is 2.55. The van der Waals surface area contributed by atoms with Gasteiger partial charge in [0.1, 0.15) is 0 Å². The number of anilines is 6. The van der Waals surface area contributed by atoms with Gasteiger partial charge in [-0.2, -0.15) is 0 Å². The van der Waals surface area contributed by atoms with E-state index in [2.05, 4.69) is 417 Å². The van der Waals surface area contributed by atoms with Crippen molar-refractivity contribution in [1.29, 1.82) is 0 Å². The standard InChI is InChI=1S/C104H72BN3/c1-104(2,3)83-57-78-49-47-76-55-80(56-77-48-50-79(58-83)100(78)99(76)77)75-51-53-91-96(64-75)108(103-89(72-39-21-9-22-40-72)61-82(69-33-15-6-16-34-69)62-90(103)73-41-23-10-24-42-73)98-66-84(106-93-45-27-25-43-85(93)86-44-26-28-46-94(86)106)65-97-101(98)105(91)92-63-74(67-29-11-4-12-30-67)52-54-95(92)107(97)102-87(70-35-17-7-18-36-70)59-81(68-31-13-5-14-32-68)60-88(102)71-37-19-8-20-38-71/h4-66H,1-3H3. The van der Waals surface area contributed by atoms with E-state index in [9.17, 15) is 0 Å². The van der Waals surface area contributed by atoms with Crippen LogP contribution in [0.4, 0.5) is 34.1 Å². The molecule has 0 aliphatic carbocycles. The van der Waals surface area contributed by atoms with Crippen LogP contribution in [0.15, 0.2) is 382 Å². The SMILES string of the molecule is CC(C)(C)c1cc2ccc3cc(-c4ccc5c(c4)N(c4c(-c6ccccc6)cc(-c6ccccc6)cc4-c4ccccc4)c4cc(-n6c7ccccc7c7ccccc76)cc6c4B5c4cc(-c5ccccc5)ccc4N6c4c(-c5ccccc5)cc(-c5ccccc5)cc4-c4ccccc4)cc4ccc(c1)c2c34. The van der Waals surface area contributed by atoms with Crippen molar-refractivity contribution in [2.24, 2.45) is 0 Å². The van der Waals surface area contributed by atoms with Crippen molar-refractivity contribution in [2.45, 2.75) is 26.2 Å². The first-order valence-electron chi connectivity index (χ1n) is 37.7. The molecule has 0 saturated heterocycles. The second kappa shape index (κ2) is 25.1. The van der Waals surface area contributed by atoms with Crippen LogP contribution in [0.3, 0.4) is 0 Å². The van der Waals surface area contributed by atoms with Gasteiger partial charge in [0.2, 0.25) is 0 Å². The van der Waals surface area contributed by atoms with Gasteiger partial charge in [-0.1, -0.05) is 330 Å². The molecule has 0 radical (unpaired) electrons. The van der Waals surface area contributed by atoms with Crippen LogP contribution in [0, 0.1) is 0 Å². The lowest BCUT2D eigenvalue weighted by molar-refractivity contribution is 0.591. The van der Waals surface area contributed by atoms with E-state index < -0.39 is 0 Å². The lowest BCUT2D eigenvalue weighted by Crippen LogP contribution is -2.61. The summed E-state index contributed by atoms with van der Waals surface area (Å²) in [5.41, 5.74) is 33.1. The molecule has 0 unspecified atom stereocenters. The number of hydrogen-bond donors (Lipinski definition) is 0. The fraction of sp³-hybridized carbons (Fsp3) is 0.0385. The van der Waals surface area contributed by atoms with E-state index in [0.717, 1.165) is 140 Å². The fourth-order valence-corrected chi connectivity index (χ4v) is 17.9. The maximum Gasteiger partial charge on any atom is 0.252 e. The summed E-state index contributed by atoms with van der Waals surface area (Å²) in [6.07, 6.45) is 0. The van der Waals surface area contributed by atoms with E-state index in [1.807, 2.05) is 0 Å². The molecule has 0 saturated carbocycles. The molecule has 18 aromatic carbocycles. The van der Waals surface area contributed by atoms with Crippen molar-refractivity contribution < 1.29 is 0 Å². The highest BCUT2D eigenvalue weighted by molar-refractivity contribution is 7.00. The average Bonchev–Trinajstić information content (AvgIpc) is 0.806. The minimum absolute atomic E-state index is 0.0104. The van der Waals surface area contributed by atoms with Gasteiger partial charge in [-0.15, -0.1) is 0 Å². The molecule has 2 aliphatic rings. The van der Waals surface area contributed by atoms with Crippen molar-refractivity contribution in [2.75, 3.05) is 9.80 Å². The molecule has 3 heterocycles. The maximum absolute atomic E-state index is 2.72. The van der Waals surface area contributed by atoms with Crippen molar-refractivity contribution >= 4 is 111 Å². The fourth-order valence-electron chi connectivity index (χ4n) is 17.9. The van der Waals surface area contributed by atoms with Gasteiger partial charge >= 0.3 is 0 Å². The monoisotopic (exact) mass is 1370 g/mol. The lowest BCUT2D eigenvalue weighted by atomic mass is 9.33. The molecule has 3 nitrogen and oxygen atoms in total. The van der Waals surface area contributed by atoms with Crippen LogP contribution >= 0.6 is 0 Å². The third-order valence-corrected chi connectivity index (χ3v) is 23.0. The Morgan fingerprint density at radius 1 is 0.241 bits per heavy atom. The zero-order valence-electron chi connectivity index (χ0n) is 60.3. The van der Waals surface area contributed by atoms with Crippen LogP contribution < -0.4 is 26.2 Å². The van der Waals surface area contributed by atoms with Gasteiger partial charge in [0.25, 0.3) is 6.71 Å². The molecule has 0 atom stereocenters. The van der Waals surface area contributed by atoms with E-state index in [1.54, 1.807) is 0 Å². The number of rotatable bonds is 11. The Labute approximate surface area is 630 Å². The van der Waals surface area contributed by atoms with Gasteiger partial charge in [-0.3, -0.25) is 0 Å². The first-order chi connectivity index (χ1) is 53.2. The van der Waals surface area contributed by atoms with Crippen molar-refractivity contribution in [3.63, 3.8) is 0 Å². The van der Waals surface area contributed by atoms with Crippen molar-refractivity contribution in [3.8, 4) is 94.7 Å². The van der Waals surface area contributed by atoms with Gasteiger partial charge < -0.3 is 14.4 Å². The Kier molecular flexibility index (Phi) is 14.6. The maximum atomic E-state index is 2.72. The summed E-state index contributed by atoms with van der Waals surface area (Å²) >= 11 is 0. The summed E-state index contributed by atoms with van der Waals surface area (Å²) in [7, 11) is 0. The minimum Gasteiger partial charge on any atom is -0.310 e. The third kappa shape index (κ3) is 10.3. The van der Waals surface area contributed by atoms with Gasteiger partial charge in [0.15, 0.2) is 0 Å². The van der Waals surface area contributed by atoms with Gasteiger partial charge in [-0.05, 0) is 199 Å². The average molecular weight is 1370 g/mol. The first kappa shape index (κ1) is 63.0. The lowest BCUT2D eigenvalue weighted by Gasteiger charge is -2.46. The topological polar surface area (TPSA) is 11.4 Å². The van der Waals surface area contributed by atoms with Crippen molar-refractivity contribution in [1.82, 2.24) is 4.57 Å². The summed E-state index contributed by atoms with van der Waals surface area (Å²) in [4.78, 5) is 5.41. The Morgan fingerprint density at radius 3 is 1.00 bits per heavy atom. The van der Waals surface area contributed by atoms with Crippen LogP contribution in [0.25, 0.3) is 149 Å². The number of hydrogen-bond acceptors (Lipinski definition) is 2. The molecular weight excluding hydrogens is 1300 g/mol. The molecule has 506 valence electrons. The predicted molar refractivity (Wildman–Crippen MR) is 461 cm³/mol. The molecule has 21 rings (SSSR count). The molecule has 0 amide bonds. The van der Waals surface area contributed by atoms with E-state index in [4.69, 9.17) is 0 Å². The Balaban J connectivity index is 0.942. The van der Waals surface area contributed by atoms with E-state index in [-0.39, 0.29) is 12.1 Å². The molecule has 4 heteroatoms. The quantitative estimate of drug-likeness (QED) is 0.0944. The van der Waals surface area contributed by atoms with E-state index in [0.29, 0.717) is 0 Å². The molecular formula is C104H72BN3. The Bertz CT molecular complexity index is 6500.